The second kappa shape index (κ2) is 5.83. The van der Waals surface area contributed by atoms with Crippen molar-refractivity contribution in [1.29, 1.82) is 0 Å². The molecular weight excluding hydrogens is 218 g/mol. The van der Waals surface area contributed by atoms with Crippen molar-refractivity contribution in [3.8, 4) is 0 Å². The lowest BCUT2D eigenvalue weighted by molar-refractivity contribution is 0.690. The summed E-state index contributed by atoms with van der Waals surface area (Å²) in [5.41, 5.74) is 6.85. The second-order valence-electron chi connectivity index (χ2n) is 4.95. The van der Waals surface area contributed by atoms with Gasteiger partial charge in [0, 0.05) is 13.1 Å². The molecule has 94 valence electrons. The molecule has 2 rings (SSSR count). The van der Waals surface area contributed by atoms with Crippen LogP contribution in [0.2, 0.25) is 0 Å². The van der Waals surface area contributed by atoms with E-state index in [0.717, 1.165) is 13.1 Å². The van der Waals surface area contributed by atoms with Crippen LogP contribution in [0.1, 0.15) is 27.8 Å². The maximum atomic E-state index is 3.51. The Hall–Kier alpha value is -1.60. The van der Waals surface area contributed by atoms with Crippen molar-refractivity contribution >= 4 is 0 Å². The fourth-order valence-electron chi connectivity index (χ4n) is 2.15. The molecule has 18 heavy (non-hydrogen) atoms. The molecule has 0 radical (unpaired) electrons. The molecule has 0 aliphatic carbocycles. The van der Waals surface area contributed by atoms with Gasteiger partial charge in [-0.25, -0.2) is 0 Å². The monoisotopic (exact) mass is 239 g/mol. The zero-order valence-corrected chi connectivity index (χ0v) is 11.5. The molecular formula is C17H21N. The number of benzene rings is 2. The van der Waals surface area contributed by atoms with Crippen molar-refractivity contribution in [1.82, 2.24) is 5.32 Å². The molecule has 0 heterocycles. The molecule has 2 aromatic carbocycles. The zero-order chi connectivity index (χ0) is 13.0. The van der Waals surface area contributed by atoms with E-state index in [0.29, 0.717) is 0 Å². The predicted octanol–water partition coefficient (Wildman–Crippen LogP) is 3.90. The third kappa shape index (κ3) is 3.21. The SMILES string of the molecule is Cc1cc(C)c(CNCc2ccccc2)cc1C. The Kier molecular flexibility index (Phi) is 4.16. The number of aryl methyl sites for hydroxylation is 3. The molecule has 0 atom stereocenters. The molecule has 0 unspecified atom stereocenters. The van der Waals surface area contributed by atoms with Crippen LogP contribution in [0.5, 0.6) is 0 Å². The van der Waals surface area contributed by atoms with E-state index in [9.17, 15) is 0 Å². The summed E-state index contributed by atoms with van der Waals surface area (Å²) < 4.78 is 0. The van der Waals surface area contributed by atoms with Crippen LogP contribution in [0.15, 0.2) is 42.5 Å². The highest BCUT2D eigenvalue weighted by molar-refractivity contribution is 5.36. The average molecular weight is 239 g/mol. The van der Waals surface area contributed by atoms with E-state index in [2.05, 4.69) is 68.6 Å². The molecule has 0 amide bonds. The molecule has 0 aromatic heterocycles. The minimum Gasteiger partial charge on any atom is -0.309 e. The molecule has 1 nitrogen and oxygen atoms in total. The molecule has 0 saturated carbocycles. The fraction of sp³-hybridized carbons (Fsp3) is 0.294. The van der Waals surface area contributed by atoms with Crippen LogP contribution in [0.3, 0.4) is 0 Å². The molecule has 0 aliphatic heterocycles. The quantitative estimate of drug-likeness (QED) is 0.853. The summed E-state index contributed by atoms with van der Waals surface area (Å²) >= 11 is 0. The van der Waals surface area contributed by atoms with Crippen molar-refractivity contribution in [2.24, 2.45) is 0 Å². The van der Waals surface area contributed by atoms with Crippen LogP contribution in [0, 0.1) is 20.8 Å². The van der Waals surface area contributed by atoms with Gasteiger partial charge in [0.15, 0.2) is 0 Å². The summed E-state index contributed by atoms with van der Waals surface area (Å²) in [4.78, 5) is 0. The maximum absolute atomic E-state index is 3.51. The van der Waals surface area contributed by atoms with Crippen LogP contribution in [0.4, 0.5) is 0 Å². The summed E-state index contributed by atoms with van der Waals surface area (Å²) in [6.45, 7) is 8.39. The molecule has 0 saturated heterocycles. The van der Waals surface area contributed by atoms with Gasteiger partial charge in [-0.2, -0.15) is 0 Å². The highest BCUT2D eigenvalue weighted by atomic mass is 14.8. The summed E-state index contributed by atoms with van der Waals surface area (Å²) in [5, 5.41) is 3.51. The lowest BCUT2D eigenvalue weighted by Crippen LogP contribution is -2.13. The van der Waals surface area contributed by atoms with Gasteiger partial charge in [0.25, 0.3) is 0 Å². The topological polar surface area (TPSA) is 12.0 Å². The van der Waals surface area contributed by atoms with Crippen molar-refractivity contribution < 1.29 is 0 Å². The Morgan fingerprint density at radius 2 is 1.44 bits per heavy atom. The summed E-state index contributed by atoms with van der Waals surface area (Å²) in [7, 11) is 0. The average Bonchev–Trinajstić information content (AvgIpc) is 2.37. The van der Waals surface area contributed by atoms with Gasteiger partial charge in [-0.3, -0.25) is 0 Å². The van der Waals surface area contributed by atoms with Crippen LogP contribution >= 0.6 is 0 Å². The molecule has 0 aliphatic rings. The Morgan fingerprint density at radius 1 is 0.778 bits per heavy atom. The molecule has 0 spiro atoms. The van der Waals surface area contributed by atoms with Crippen molar-refractivity contribution in [3.63, 3.8) is 0 Å². The van der Waals surface area contributed by atoms with Crippen LogP contribution in [-0.2, 0) is 13.1 Å². The summed E-state index contributed by atoms with van der Waals surface area (Å²) in [6.07, 6.45) is 0. The Morgan fingerprint density at radius 3 is 2.17 bits per heavy atom. The maximum Gasteiger partial charge on any atom is 0.0211 e. The number of nitrogens with one attached hydrogen (secondary N) is 1. The number of hydrogen-bond donors (Lipinski definition) is 1. The lowest BCUT2D eigenvalue weighted by atomic mass is 10.0. The number of hydrogen-bond acceptors (Lipinski definition) is 1. The van der Waals surface area contributed by atoms with Crippen molar-refractivity contribution in [3.05, 3.63) is 70.3 Å². The largest absolute Gasteiger partial charge is 0.309 e. The zero-order valence-electron chi connectivity index (χ0n) is 11.5. The van der Waals surface area contributed by atoms with Gasteiger partial charge in [-0.05, 0) is 48.6 Å². The summed E-state index contributed by atoms with van der Waals surface area (Å²) in [5.74, 6) is 0. The lowest BCUT2D eigenvalue weighted by Gasteiger charge is -2.11. The number of rotatable bonds is 4. The Labute approximate surface area is 110 Å². The van der Waals surface area contributed by atoms with Gasteiger partial charge >= 0.3 is 0 Å². The van der Waals surface area contributed by atoms with Crippen molar-refractivity contribution in [2.75, 3.05) is 0 Å². The second-order valence-corrected chi connectivity index (χ2v) is 4.95. The first-order chi connectivity index (χ1) is 8.66. The fourth-order valence-corrected chi connectivity index (χ4v) is 2.15. The van der Waals surface area contributed by atoms with Gasteiger partial charge in [0.1, 0.15) is 0 Å². The van der Waals surface area contributed by atoms with E-state index in [1.165, 1.54) is 27.8 Å². The molecule has 0 fully saturated rings. The van der Waals surface area contributed by atoms with Gasteiger partial charge in [-0.15, -0.1) is 0 Å². The van der Waals surface area contributed by atoms with E-state index in [4.69, 9.17) is 0 Å². The van der Waals surface area contributed by atoms with Gasteiger partial charge in [0.05, 0.1) is 0 Å². The highest BCUT2D eigenvalue weighted by Crippen LogP contribution is 2.15. The molecule has 1 heteroatoms. The minimum atomic E-state index is 0.924. The van der Waals surface area contributed by atoms with Gasteiger partial charge in [-0.1, -0.05) is 42.5 Å². The molecule has 1 N–H and O–H groups in total. The van der Waals surface area contributed by atoms with Crippen molar-refractivity contribution in [2.45, 2.75) is 33.9 Å². The van der Waals surface area contributed by atoms with E-state index in [-0.39, 0.29) is 0 Å². The first kappa shape index (κ1) is 12.8. The van der Waals surface area contributed by atoms with Gasteiger partial charge in [0.2, 0.25) is 0 Å². The van der Waals surface area contributed by atoms with E-state index in [1.54, 1.807) is 0 Å². The summed E-state index contributed by atoms with van der Waals surface area (Å²) in [6, 6.07) is 15.1. The first-order valence-corrected chi connectivity index (χ1v) is 6.48. The smallest absolute Gasteiger partial charge is 0.0211 e. The Bertz CT molecular complexity index is 515. The normalized spacial score (nSPS) is 10.6. The van der Waals surface area contributed by atoms with E-state index < -0.39 is 0 Å². The van der Waals surface area contributed by atoms with Gasteiger partial charge < -0.3 is 5.32 Å². The van der Waals surface area contributed by atoms with E-state index in [1.807, 2.05) is 0 Å². The highest BCUT2D eigenvalue weighted by Gasteiger charge is 2.01. The van der Waals surface area contributed by atoms with E-state index >= 15 is 0 Å². The first-order valence-electron chi connectivity index (χ1n) is 6.48. The Balaban J connectivity index is 1.97. The van der Waals surface area contributed by atoms with Crippen LogP contribution < -0.4 is 5.32 Å². The predicted molar refractivity (Wildman–Crippen MR) is 77.6 cm³/mol. The third-order valence-electron chi connectivity index (χ3n) is 3.44. The minimum absolute atomic E-state index is 0.924. The third-order valence-corrected chi connectivity index (χ3v) is 3.44. The molecule has 0 bridgehead atoms. The van der Waals surface area contributed by atoms with Crippen LogP contribution in [0.25, 0.3) is 0 Å². The van der Waals surface area contributed by atoms with Crippen LogP contribution in [-0.4, -0.2) is 0 Å². The molecule has 2 aromatic rings. The standard InChI is InChI=1S/C17H21N/c1-13-9-15(3)17(10-14(13)2)12-18-11-16-7-5-4-6-8-16/h4-10,18H,11-12H2,1-3H3.